The van der Waals surface area contributed by atoms with Crippen LogP contribution in [0.4, 0.5) is 0 Å². The Morgan fingerprint density at radius 3 is 2.00 bits per heavy atom. The normalized spacial score (nSPS) is 13.3. The maximum atomic E-state index is 10.1. The van der Waals surface area contributed by atoms with Gasteiger partial charge in [-0.15, -0.1) is 5.92 Å². The van der Waals surface area contributed by atoms with Crippen LogP contribution in [-0.2, 0) is 0 Å². The summed E-state index contributed by atoms with van der Waals surface area (Å²) in [6.07, 6.45) is 2.03. The van der Waals surface area contributed by atoms with E-state index in [4.69, 9.17) is 0 Å². The molecule has 0 amide bonds. The zero-order valence-corrected chi connectivity index (χ0v) is 8.80. The molecule has 0 aliphatic rings. The van der Waals surface area contributed by atoms with E-state index in [2.05, 4.69) is 11.8 Å². The number of aliphatic hydroxyl groups excluding tert-OH is 1. The molecule has 2 heteroatoms. The SMILES string of the molecule is CC#CC(O)C(O)(CCC)CCC. The van der Waals surface area contributed by atoms with E-state index in [9.17, 15) is 10.2 Å². The first kappa shape index (κ1) is 12.5. The van der Waals surface area contributed by atoms with Gasteiger partial charge in [0.15, 0.2) is 0 Å². The summed E-state index contributed by atoms with van der Waals surface area (Å²) in [5.41, 5.74) is -1.01. The third-order valence-electron chi connectivity index (χ3n) is 2.16. The highest BCUT2D eigenvalue weighted by atomic mass is 16.3. The molecule has 1 atom stereocenters. The Hall–Kier alpha value is -0.520. The standard InChI is InChI=1S/C11H20O2/c1-4-7-10(12)11(13,8-5-2)9-6-3/h10,12-13H,5-6,8-9H2,1-3H3. The zero-order chi connectivity index (χ0) is 10.3. The summed E-state index contributed by atoms with van der Waals surface area (Å²) >= 11 is 0. The summed E-state index contributed by atoms with van der Waals surface area (Å²) in [5, 5.41) is 19.7. The molecular weight excluding hydrogens is 164 g/mol. The highest BCUT2D eigenvalue weighted by Crippen LogP contribution is 2.23. The van der Waals surface area contributed by atoms with Crippen LogP contribution >= 0.6 is 0 Å². The van der Waals surface area contributed by atoms with Crippen LogP contribution in [0.1, 0.15) is 46.5 Å². The van der Waals surface area contributed by atoms with Crippen LogP contribution in [0, 0.1) is 11.8 Å². The molecule has 0 aromatic rings. The summed E-state index contributed by atoms with van der Waals surface area (Å²) in [7, 11) is 0. The van der Waals surface area contributed by atoms with Gasteiger partial charge in [0.05, 0.1) is 0 Å². The predicted molar refractivity (Wildman–Crippen MR) is 54.2 cm³/mol. The van der Waals surface area contributed by atoms with Crippen LogP contribution in [0.2, 0.25) is 0 Å². The number of hydrogen-bond donors (Lipinski definition) is 2. The highest BCUT2D eigenvalue weighted by Gasteiger charge is 2.32. The van der Waals surface area contributed by atoms with Crippen molar-refractivity contribution in [1.29, 1.82) is 0 Å². The predicted octanol–water partition coefficient (Wildman–Crippen LogP) is 1.70. The van der Waals surface area contributed by atoms with E-state index in [0.717, 1.165) is 12.8 Å². The topological polar surface area (TPSA) is 40.5 Å². The molecule has 0 spiro atoms. The van der Waals surface area contributed by atoms with Gasteiger partial charge in [0.1, 0.15) is 11.7 Å². The quantitative estimate of drug-likeness (QED) is 0.638. The van der Waals surface area contributed by atoms with Crippen LogP contribution in [0.15, 0.2) is 0 Å². The Morgan fingerprint density at radius 1 is 1.23 bits per heavy atom. The van der Waals surface area contributed by atoms with Crippen molar-refractivity contribution in [2.75, 3.05) is 0 Å². The summed E-state index contributed by atoms with van der Waals surface area (Å²) in [4.78, 5) is 0. The van der Waals surface area contributed by atoms with Gasteiger partial charge in [-0.2, -0.15) is 0 Å². The van der Waals surface area contributed by atoms with Crippen LogP contribution < -0.4 is 0 Å². The summed E-state index contributed by atoms with van der Waals surface area (Å²) < 4.78 is 0. The van der Waals surface area contributed by atoms with Crippen molar-refractivity contribution < 1.29 is 10.2 Å². The number of hydrogen-bond acceptors (Lipinski definition) is 2. The molecule has 2 nitrogen and oxygen atoms in total. The average molecular weight is 184 g/mol. The minimum absolute atomic E-state index is 0.608. The third kappa shape index (κ3) is 3.80. The zero-order valence-electron chi connectivity index (χ0n) is 8.80. The average Bonchev–Trinajstić information content (AvgIpc) is 2.05. The van der Waals surface area contributed by atoms with Crippen LogP contribution in [-0.4, -0.2) is 21.9 Å². The van der Waals surface area contributed by atoms with Crippen LogP contribution in [0.25, 0.3) is 0 Å². The molecule has 0 saturated carbocycles. The van der Waals surface area contributed by atoms with Crippen molar-refractivity contribution in [3.63, 3.8) is 0 Å². The number of aliphatic hydroxyl groups is 2. The lowest BCUT2D eigenvalue weighted by Gasteiger charge is -2.29. The molecule has 0 aromatic heterocycles. The second-order valence-corrected chi connectivity index (χ2v) is 3.40. The summed E-state index contributed by atoms with van der Waals surface area (Å²) in [6, 6.07) is 0. The Bertz CT molecular complexity index is 182. The molecule has 0 saturated heterocycles. The second-order valence-electron chi connectivity index (χ2n) is 3.40. The lowest BCUT2D eigenvalue weighted by atomic mass is 9.87. The molecule has 76 valence electrons. The van der Waals surface area contributed by atoms with E-state index in [1.165, 1.54) is 0 Å². The first-order valence-corrected chi connectivity index (χ1v) is 4.93. The highest BCUT2D eigenvalue weighted by molar-refractivity contribution is 5.09. The van der Waals surface area contributed by atoms with E-state index < -0.39 is 11.7 Å². The van der Waals surface area contributed by atoms with Gasteiger partial charge in [-0.05, 0) is 19.8 Å². The summed E-state index contributed by atoms with van der Waals surface area (Å²) in [5.74, 6) is 5.24. The van der Waals surface area contributed by atoms with Gasteiger partial charge in [-0.1, -0.05) is 32.6 Å². The fraction of sp³-hybridized carbons (Fsp3) is 0.818. The van der Waals surface area contributed by atoms with Gasteiger partial charge in [0.2, 0.25) is 0 Å². The molecule has 0 aromatic carbocycles. The van der Waals surface area contributed by atoms with Gasteiger partial charge < -0.3 is 10.2 Å². The summed E-state index contributed by atoms with van der Waals surface area (Å²) in [6.45, 7) is 5.65. The molecule has 0 rings (SSSR count). The van der Waals surface area contributed by atoms with E-state index in [1.54, 1.807) is 6.92 Å². The van der Waals surface area contributed by atoms with Gasteiger partial charge in [-0.3, -0.25) is 0 Å². The molecule has 0 heterocycles. The van der Waals surface area contributed by atoms with Crippen molar-refractivity contribution >= 4 is 0 Å². The molecule has 0 aliphatic carbocycles. The first-order valence-electron chi connectivity index (χ1n) is 4.93. The van der Waals surface area contributed by atoms with Crippen molar-refractivity contribution in [2.24, 2.45) is 0 Å². The molecular formula is C11H20O2. The van der Waals surface area contributed by atoms with Crippen molar-refractivity contribution in [3.8, 4) is 11.8 Å². The molecule has 0 radical (unpaired) electrons. The second kappa shape index (κ2) is 6.01. The molecule has 0 aliphatic heterocycles. The Morgan fingerprint density at radius 2 is 1.69 bits per heavy atom. The molecule has 2 N–H and O–H groups in total. The van der Waals surface area contributed by atoms with Crippen molar-refractivity contribution in [2.45, 2.75) is 58.2 Å². The lowest BCUT2D eigenvalue weighted by Crippen LogP contribution is -2.41. The van der Waals surface area contributed by atoms with Crippen molar-refractivity contribution in [3.05, 3.63) is 0 Å². The minimum Gasteiger partial charge on any atom is -0.386 e. The maximum absolute atomic E-state index is 10.1. The van der Waals surface area contributed by atoms with Crippen LogP contribution in [0.5, 0.6) is 0 Å². The maximum Gasteiger partial charge on any atom is 0.143 e. The fourth-order valence-corrected chi connectivity index (χ4v) is 1.54. The Labute approximate surface area is 81.0 Å². The molecule has 0 bridgehead atoms. The van der Waals surface area contributed by atoms with Gasteiger partial charge in [-0.25, -0.2) is 0 Å². The van der Waals surface area contributed by atoms with Gasteiger partial charge in [0.25, 0.3) is 0 Å². The molecule has 0 fully saturated rings. The Kier molecular flexibility index (Phi) is 5.77. The smallest absolute Gasteiger partial charge is 0.143 e. The van der Waals surface area contributed by atoms with Crippen molar-refractivity contribution in [1.82, 2.24) is 0 Å². The molecule has 13 heavy (non-hydrogen) atoms. The monoisotopic (exact) mass is 184 g/mol. The van der Waals surface area contributed by atoms with Crippen LogP contribution in [0.3, 0.4) is 0 Å². The van der Waals surface area contributed by atoms with E-state index in [0.29, 0.717) is 12.8 Å². The van der Waals surface area contributed by atoms with E-state index in [1.807, 2.05) is 13.8 Å². The van der Waals surface area contributed by atoms with E-state index >= 15 is 0 Å². The Balaban J connectivity index is 4.42. The van der Waals surface area contributed by atoms with Gasteiger partial charge in [0, 0.05) is 0 Å². The fourth-order valence-electron chi connectivity index (χ4n) is 1.54. The first-order chi connectivity index (χ1) is 6.10. The third-order valence-corrected chi connectivity index (χ3v) is 2.16. The minimum atomic E-state index is -1.01. The van der Waals surface area contributed by atoms with E-state index in [-0.39, 0.29) is 0 Å². The molecule has 1 unspecified atom stereocenters. The number of rotatable bonds is 5. The lowest BCUT2D eigenvalue weighted by molar-refractivity contribution is -0.0605. The largest absolute Gasteiger partial charge is 0.386 e. The van der Waals surface area contributed by atoms with Gasteiger partial charge >= 0.3 is 0 Å².